The quantitative estimate of drug-likeness (QED) is 0.746. The summed E-state index contributed by atoms with van der Waals surface area (Å²) >= 11 is 0. The number of nitrogen functional groups attached to an aromatic ring is 1. The van der Waals surface area contributed by atoms with Gasteiger partial charge in [-0.2, -0.15) is 0 Å². The maximum Gasteiger partial charge on any atom is 0.144 e. The molecule has 1 rings (SSSR count). The van der Waals surface area contributed by atoms with E-state index in [-0.39, 0.29) is 5.25 Å². The number of hydrogen-bond donors (Lipinski definition) is 2. The normalized spacial score (nSPS) is 13.9. The van der Waals surface area contributed by atoms with Gasteiger partial charge in [0.2, 0.25) is 0 Å². The zero-order chi connectivity index (χ0) is 13.5. The summed E-state index contributed by atoms with van der Waals surface area (Å²) in [6.07, 6.45) is 2.58. The van der Waals surface area contributed by atoms with Gasteiger partial charge in [-0.05, 0) is 25.5 Å². The highest BCUT2D eigenvalue weighted by Crippen LogP contribution is 2.29. The third-order valence-electron chi connectivity index (χ3n) is 2.80. The van der Waals surface area contributed by atoms with Crippen LogP contribution in [0.25, 0.3) is 0 Å². The van der Waals surface area contributed by atoms with Crippen LogP contribution in [0.3, 0.4) is 0 Å². The highest BCUT2D eigenvalue weighted by Gasteiger charge is 2.08. The Labute approximate surface area is 111 Å². The fourth-order valence-corrected chi connectivity index (χ4v) is 2.01. The fourth-order valence-electron chi connectivity index (χ4n) is 1.56. The number of nitrogens with two attached hydrogens (primary N) is 1. The molecule has 0 spiro atoms. The van der Waals surface area contributed by atoms with Crippen LogP contribution in [0.15, 0.2) is 18.2 Å². The molecule has 5 heteroatoms. The lowest BCUT2D eigenvalue weighted by atomic mass is 10.2. The van der Waals surface area contributed by atoms with Gasteiger partial charge in [0.25, 0.3) is 0 Å². The number of ether oxygens (including phenoxy) is 1. The molecule has 0 heterocycles. The van der Waals surface area contributed by atoms with E-state index in [1.54, 1.807) is 6.26 Å². The molecule has 0 aliphatic carbocycles. The number of anilines is 2. The maximum absolute atomic E-state index is 11.2. The van der Waals surface area contributed by atoms with E-state index >= 15 is 0 Å². The second-order valence-corrected chi connectivity index (χ2v) is 5.98. The van der Waals surface area contributed by atoms with Crippen molar-refractivity contribution in [3.8, 4) is 5.75 Å². The number of rotatable bonds is 7. The largest absolute Gasteiger partial charge is 0.492 e. The monoisotopic (exact) mass is 270 g/mol. The molecular weight excluding hydrogens is 248 g/mol. The zero-order valence-electron chi connectivity index (χ0n) is 11.2. The van der Waals surface area contributed by atoms with Crippen LogP contribution in [0.2, 0.25) is 0 Å². The van der Waals surface area contributed by atoms with Crippen molar-refractivity contribution in [2.24, 2.45) is 0 Å². The van der Waals surface area contributed by atoms with Gasteiger partial charge in [-0.15, -0.1) is 0 Å². The summed E-state index contributed by atoms with van der Waals surface area (Å²) in [7, 11) is -0.777. The van der Waals surface area contributed by atoms with Crippen LogP contribution < -0.4 is 15.8 Å². The summed E-state index contributed by atoms with van der Waals surface area (Å²) < 4.78 is 16.7. The first kappa shape index (κ1) is 14.8. The average Bonchev–Trinajstić information content (AvgIpc) is 2.33. The van der Waals surface area contributed by atoms with E-state index in [1.165, 1.54) is 0 Å². The number of benzene rings is 1. The Bertz CT molecular complexity index is 410. The van der Waals surface area contributed by atoms with Crippen LogP contribution in [0, 0.1) is 0 Å². The van der Waals surface area contributed by atoms with Gasteiger partial charge in [-0.25, -0.2) is 0 Å². The van der Waals surface area contributed by atoms with Gasteiger partial charge in [0.05, 0.1) is 18.0 Å². The minimum absolute atomic E-state index is 0.189. The van der Waals surface area contributed by atoms with Crippen LogP contribution in [0.4, 0.5) is 11.4 Å². The Morgan fingerprint density at radius 2 is 2.22 bits per heavy atom. The van der Waals surface area contributed by atoms with Gasteiger partial charge >= 0.3 is 0 Å². The highest BCUT2D eigenvalue weighted by atomic mass is 32.2. The molecule has 4 nitrogen and oxygen atoms in total. The lowest BCUT2D eigenvalue weighted by molar-refractivity contribution is 0.342. The molecule has 2 unspecified atom stereocenters. The first-order chi connectivity index (χ1) is 8.56. The Kier molecular flexibility index (Phi) is 5.98. The van der Waals surface area contributed by atoms with E-state index in [1.807, 2.05) is 32.0 Å². The van der Waals surface area contributed by atoms with Crippen molar-refractivity contribution >= 4 is 22.2 Å². The van der Waals surface area contributed by atoms with E-state index in [9.17, 15) is 4.21 Å². The Hall–Kier alpha value is -1.23. The fraction of sp³-hybridized carbons (Fsp3) is 0.538. The third-order valence-corrected chi connectivity index (χ3v) is 4.17. The molecule has 0 bridgehead atoms. The summed E-state index contributed by atoms with van der Waals surface area (Å²) in [6.45, 7) is 5.26. The first-order valence-corrected chi connectivity index (χ1v) is 7.75. The minimum Gasteiger partial charge on any atom is -0.492 e. The SMILES string of the molecule is CCOc1cccc(NCCC(C)S(C)=O)c1N. The molecule has 0 fully saturated rings. The minimum atomic E-state index is -0.777. The predicted molar refractivity (Wildman–Crippen MR) is 78.7 cm³/mol. The summed E-state index contributed by atoms with van der Waals surface area (Å²) in [4.78, 5) is 0. The molecule has 0 aromatic heterocycles. The number of para-hydroxylation sites is 1. The molecule has 1 aromatic carbocycles. The van der Waals surface area contributed by atoms with E-state index in [2.05, 4.69) is 5.32 Å². The van der Waals surface area contributed by atoms with Crippen molar-refractivity contribution in [3.63, 3.8) is 0 Å². The topological polar surface area (TPSA) is 64.3 Å². The van der Waals surface area contributed by atoms with Crippen LogP contribution in [-0.2, 0) is 10.8 Å². The highest BCUT2D eigenvalue weighted by molar-refractivity contribution is 7.84. The van der Waals surface area contributed by atoms with Crippen molar-refractivity contribution in [2.45, 2.75) is 25.5 Å². The molecular formula is C13H22N2O2S. The summed E-state index contributed by atoms with van der Waals surface area (Å²) in [6, 6.07) is 5.68. The third kappa shape index (κ3) is 4.22. The van der Waals surface area contributed by atoms with Crippen molar-refractivity contribution in [1.82, 2.24) is 0 Å². The van der Waals surface area contributed by atoms with Crippen molar-refractivity contribution in [1.29, 1.82) is 0 Å². The van der Waals surface area contributed by atoms with Gasteiger partial charge in [0.1, 0.15) is 5.75 Å². The Morgan fingerprint density at radius 1 is 1.50 bits per heavy atom. The van der Waals surface area contributed by atoms with Crippen molar-refractivity contribution in [3.05, 3.63) is 18.2 Å². The molecule has 102 valence electrons. The molecule has 1 aromatic rings. The summed E-state index contributed by atoms with van der Waals surface area (Å²) in [5.74, 6) is 0.703. The second-order valence-electron chi connectivity index (χ2n) is 4.18. The molecule has 0 saturated heterocycles. The molecule has 3 N–H and O–H groups in total. The number of nitrogens with one attached hydrogen (secondary N) is 1. The number of hydrogen-bond acceptors (Lipinski definition) is 4. The van der Waals surface area contributed by atoms with Crippen molar-refractivity contribution in [2.75, 3.05) is 30.5 Å². The van der Waals surface area contributed by atoms with Crippen LogP contribution >= 0.6 is 0 Å². The second kappa shape index (κ2) is 7.26. The van der Waals surface area contributed by atoms with Crippen LogP contribution in [0.1, 0.15) is 20.3 Å². The average molecular weight is 270 g/mol. The standard InChI is InChI=1S/C13H22N2O2S/c1-4-17-12-7-5-6-11(13(12)14)15-9-8-10(2)18(3)16/h5-7,10,15H,4,8-9,14H2,1-3H3. The maximum atomic E-state index is 11.2. The van der Waals surface area contributed by atoms with Crippen molar-refractivity contribution < 1.29 is 8.95 Å². The van der Waals surface area contributed by atoms with Gasteiger partial charge in [-0.3, -0.25) is 4.21 Å². The lowest BCUT2D eigenvalue weighted by Crippen LogP contribution is -2.15. The molecule has 2 atom stereocenters. The molecule has 0 amide bonds. The summed E-state index contributed by atoms with van der Waals surface area (Å²) in [5.41, 5.74) is 7.50. The molecule has 18 heavy (non-hydrogen) atoms. The molecule has 0 saturated carbocycles. The molecule has 0 radical (unpaired) electrons. The predicted octanol–water partition coefficient (Wildman–Crippen LogP) is 2.24. The zero-order valence-corrected chi connectivity index (χ0v) is 12.0. The van der Waals surface area contributed by atoms with E-state index in [4.69, 9.17) is 10.5 Å². The first-order valence-electron chi connectivity index (χ1n) is 6.13. The summed E-state index contributed by atoms with van der Waals surface area (Å²) in [5, 5.41) is 3.45. The smallest absolute Gasteiger partial charge is 0.144 e. The Morgan fingerprint density at radius 3 is 2.83 bits per heavy atom. The van der Waals surface area contributed by atoms with Gasteiger partial charge < -0.3 is 15.8 Å². The van der Waals surface area contributed by atoms with E-state index < -0.39 is 10.8 Å². The van der Waals surface area contributed by atoms with E-state index in [0.717, 1.165) is 18.7 Å². The van der Waals surface area contributed by atoms with Gasteiger partial charge in [-0.1, -0.05) is 13.0 Å². The molecule has 0 aliphatic rings. The Balaban J connectivity index is 2.57. The lowest BCUT2D eigenvalue weighted by Gasteiger charge is -2.14. The van der Waals surface area contributed by atoms with Crippen LogP contribution in [0.5, 0.6) is 5.75 Å². The molecule has 0 aliphatic heterocycles. The van der Waals surface area contributed by atoms with E-state index in [0.29, 0.717) is 18.0 Å². The van der Waals surface area contributed by atoms with Crippen LogP contribution in [-0.4, -0.2) is 28.9 Å². The van der Waals surface area contributed by atoms with Gasteiger partial charge in [0.15, 0.2) is 0 Å². The van der Waals surface area contributed by atoms with Gasteiger partial charge in [0, 0.05) is 28.9 Å².